The summed E-state index contributed by atoms with van der Waals surface area (Å²) >= 11 is 0. The van der Waals surface area contributed by atoms with Crippen LogP contribution in [0.3, 0.4) is 0 Å². The molecule has 1 atom stereocenters. The first kappa shape index (κ1) is 22.7. The largest absolute Gasteiger partial charge is 0.369 e. The molecule has 0 radical (unpaired) electrons. The molecule has 0 amide bonds. The van der Waals surface area contributed by atoms with E-state index < -0.39 is 6.43 Å². The zero-order chi connectivity index (χ0) is 24.4. The predicted octanol–water partition coefficient (Wildman–Crippen LogP) is 4.18. The van der Waals surface area contributed by atoms with Crippen LogP contribution in [-0.2, 0) is 0 Å². The van der Waals surface area contributed by atoms with Crippen molar-refractivity contribution in [3.05, 3.63) is 71.7 Å². The van der Waals surface area contributed by atoms with Gasteiger partial charge in [-0.1, -0.05) is 12.1 Å². The van der Waals surface area contributed by atoms with E-state index in [0.29, 0.717) is 17.3 Å². The number of halogens is 2. The summed E-state index contributed by atoms with van der Waals surface area (Å²) in [6.07, 6.45) is 1.85. The van der Waals surface area contributed by atoms with Crippen LogP contribution in [-0.4, -0.2) is 45.5 Å². The van der Waals surface area contributed by atoms with Gasteiger partial charge < -0.3 is 15.5 Å². The minimum Gasteiger partial charge on any atom is -0.369 e. The second-order valence-electron chi connectivity index (χ2n) is 8.36. The standard InChI is InChI=1S/C25H24F2N8/c1-16(17-4-6-19(7-5-17)34-11-8-29-9-12-34)32-25-31-14-18(13-28)22(33-25)21-15-30-24-20(23(26)27)3-2-10-35(21)24/h2-7,10,14-16,23,29H,8-9,11-12H2,1H3,(H,31,32,33)/t16-/m0/s1. The van der Waals surface area contributed by atoms with Gasteiger partial charge in [0.15, 0.2) is 0 Å². The third-order valence-corrected chi connectivity index (χ3v) is 6.17. The van der Waals surface area contributed by atoms with Crippen LogP contribution in [0.5, 0.6) is 0 Å². The Bertz CT molecular complexity index is 1370. The first-order valence-electron chi connectivity index (χ1n) is 11.4. The third kappa shape index (κ3) is 4.50. The van der Waals surface area contributed by atoms with E-state index in [2.05, 4.69) is 60.8 Å². The molecule has 1 saturated heterocycles. The Morgan fingerprint density at radius 1 is 1.09 bits per heavy atom. The number of alkyl halides is 2. The van der Waals surface area contributed by atoms with E-state index >= 15 is 0 Å². The molecule has 3 aromatic heterocycles. The van der Waals surface area contributed by atoms with E-state index in [1.165, 1.54) is 34.6 Å². The van der Waals surface area contributed by atoms with Crippen LogP contribution < -0.4 is 15.5 Å². The lowest BCUT2D eigenvalue weighted by Gasteiger charge is -2.29. The molecule has 0 unspecified atom stereocenters. The molecule has 2 N–H and O–H groups in total. The van der Waals surface area contributed by atoms with E-state index in [-0.39, 0.29) is 22.8 Å². The van der Waals surface area contributed by atoms with E-state index in [1.54, 1.807) is 6.20 Å². The van der Waals surface area contributed by atoms with Crippen LogP contribution in [0.25, 0.3) is 17.0 Å². The highest BCUT2D eigenvalue weighted by Gasteiger charge is 2.19. The van der Waals surface area contributed by atoms with Gasteiger partial charge in [-0.25, -0.2) is 23.7 Å². The van der Waals surface area contributed by atoms with E-state index in [4.69, 9.17) is 0 Å². The van der Waals surface area contributed by atoms with Gasteiger partial charge in [0.05, 0.1) is 35.3 Å². The molecule has 10 heteroatoms. The number of hydrogen-bond acceptors (Lipinski definition) is 7. The molecule has 4 heterocycles. The normalized spacial score (nSPS) is 14.8. The van der Waals surface area contributed by atoms with E-state index in [9.17, 15) is 14.0 Å². The summed E-state index contributed by atoms with van der Waals surface area (Å²) in [6.45, 7) is 5.93. The molecule has 1 aliphatic rings. The van der Waals surface area contributed by atoms with Crippen LogP contribution in [0.1, 0.15) is 36.1 Å². The van der Waals surface area contributed by atoms with Crippen LogP contribution in [0.15, 0.2) is 55.0 Å². The van der Waals surface area contributed by atoms with Crippen LogP contribution in [0.2, 0.25) is 0 Å². The number of anilines is 2. The second-order valence-corrected chi connectivity index (χ2v) is 8.36. The fraction of sp³-hybridized carbons (Fsp3) is 0.280. The molecule has 35 heavy (non-hydrogen) atoms. The third-order valence-electron chi connectivity index (χ3n) is 6.17. The van der Waals surface area contributed by atoms with Gasteiger partial charge in [0.25, 0.3) is 6.43 Å². The maximum absolute atomic E-state index is 13.4. The first-order valence-corrected chi connectivity index (χ1v) is 11.4. The van der Waals surface area contributed by atoms with Gasteiger partial charge in [-0.15, -0.1) is 0 Å². The van der Waals surface area contributed by atoms with Crippen LogP contribution in [0, 0.1) is 11.3 Å². The topological polar surface area (TPSA) is 94.2 Å². The zero-order valence-electron chi connectivity index (χ0n) is 19.1. The lowest BCUT2D eigenvalue weighted by atomic mass is 10.1. The Labute approximate surface area is 201 Å². The average molecular weight is 475 g/mol. The number of fused-ring (bicyclic) bond motifs is 1. The average Bonchev–Trinajstić information content (AvgIpc) is 3.33. The van der Waals surface area contributed by atoms with Gasteiger partial charge in [0.2, 0.25) is 5.95 Å². The number of imidazole rings is 1. The smallest absolute Gasteiger partial charge is 0.267 e. The minimum absolute atomic E-state index is 0.0968. The van der Waals surface area contributed by atoms with E-state index in [0.717, 1.165) is 31.7 Å². The number of nitrogens with one attached hydrogen (secondary N) is 2. The summed E-state index contributed by atoms with van der Waals surface area (Å²) < 4.78 is 28.3. The molecule has 0 bridgehead atoms. The Hall–Kier alpha value is -4.10. The molecular formula is C25H24F2N8. The zero-order valence-corrected chi connectivity index (χ0v) is 19.1. The number of aromatic nitrogens is 4. The molecule has 1 fully saturated rings. The number of hydrogen-bond donors (Lipinski definition) is 2. The van der Waals surface area contributed by atoms with Crippen molar-refractivity contribution in [3.8, 4) is 17.5 Å². The first-order chi connectivity index (χ1) is 17.0. The monoisotopic (exact) mass is 474 g/mol. The van der Waals surface area contributed by atoms with Crippen molar-refractivity contribution in [2.24, 2.45) is 0 Å². The highest BCUT2D eigenvalue weighted by Crippen LogP contribution is 2.29. The highest BCUT2D eigenvalue weighted by molar-refractivity contribution is 5.68. The molecule has 0 spiro atoms. The summed E-state index contributed by atoms with van der Waals surface area (Å²) in [7, 11) is 0. The van der Waals surface area contributed by atoms with Gasteiger partial charge in [-0.3, -0.25) is 4.40 Å². The SMILES string of the molecule is C[C@H](Nc1ncc(C#N)c(-c2cnc3c(C(F)F)cccn23)n1)c1ccc(N2CCNCC2)cc1. The number of benzene rings is 1. The van der Waals surface area contributed by atoms with Crippen molar-refractivity contribution < 1.29 is 8.78 Å². The van der Waals surface area contributed by atoms with Crippen LogP contribution >= 0.6 is 0 Å². The minimum atomic E-state index is -2.66. The summed E-state index contributed by atoms with van der Waals surface area (Å²) in [4.78, 5) is 15.4. The number of nitriles is 1. The molecule has 0 saturated carbocycles. The number of rotatable bonds is 6. The Kier molecular flexibility index (Phi) is 6.25. The van der Waals surface area contributed by atoms with Crippen molar-refractivity contribution >= 4 is 17.3 Å². The fourth-order valence-electron chi connectivity index (χ4n) is 4.28. The molecule has 5 rings (SSSR count). The molecule has 4 aromatic rings. The van der Waals surface area contributed by atoms with E-state index in [1.807, 2.05) is 6.92 Å². The van der Waals surface area contributed by atoms with Crippen molar-refractivity contribution in [2.75, 3.05) is 36.4 Å². The van der Waals surface area contributed by atoms with Gasteiger partial charge in [0, 0.05) is 38.1 Å². The second kappa shape index (κ2) is 9.64. The van der Waals surface area contributed by atoms with Crippen molar-refractivity contribution in [2.45, 2.75) is 19.4 Å². The Morgan fingerprint density at radius 3 is 2.57 bits per heavy atom. The van der Waals surface area contributed by atoms with Crippen LogP contribution in [0.4, 0.5) is 20.4 Å². The Balaban J connectivity index is 1.41. The summed E-state index contributed by atoms with van der Waals surface area (Å²) in [6, 6.07) is 13.2. The number of piperazine rings is 1. The predicted molar refractivity (Wildman–Crippen MR) is 129 cm³/mol. The molecule has 0 aliphatic carbocycles. The quantitative estimate of drug-likeness (QED) is 0.433. The number of pyridine rings is 1. The summed E-state index contributed by atoms with van der Waals surface area (Å²) in [5.41, 5.74) is 3.20. The molecule has 8 nitrogen and oxygen atoms in total. The number of nitrogens with zero attached hydrogens (tertiary/aromatic N) is 6. The maximum Gasteiger partial charge on any atom is 0.267 e. The fourth-order valence-corrected chi connectivity index (χ4v) is 4.28. The van der Waals surface area contributed by atoms with Crippen molar-refractivity contribution in [1.29, 1.82) is 5.26 Å². The van der Waals surface area contributed by atoms with Gasteiger partial charge >= 0.3 is 0 Å². The van der Waals surface area contributed by atoms with Crippen molar-refractivity contribution in [1.82, 2.24) is 24.7 Å². The van der Waals surface area contributed by atoms with Crippen molar-refractivity contribution in [3.63, 3.8) is 0 Å². The van der Waals surface area contributed by atoms with Gasteiger partial charge in [-0.05, 0) is 36.8 Å². The summed E-state index contributed by atoms with van der Waals surface area (Å²) in [5, 5.41) is 16.2. The molecule has 1 aromatic carbocycles. The van der Waals surface area contributed by atoms with Gasteiger partial charge in [0.1, 0.15) is 17.4 Å². The lowest BCUT2D eigenvalue weighted by Crippen LogP contribution is -2.43. The summed E-state index contributed by atoms with van der Waals surface area (Å²) in [5.74, 6) is 0.331. The molecular weight excluding hydrogens is 450 g/mol. The lowest BCUT2D eigenvalue weighted by molar-refractivity contribution is 0.152. The Morgan fingerprint density at radius 2 is 1.86 bits per heavy atom. The van der Waals surface area contributed by atoms with Gasteiger partial charge in [-0.2, -0.15) is 5.26 Å². The molecule has 1 aliphatic heterocycles. The maximum atomic E-state index is 13.4. The highest BCUT2D eigenvalue weighted by atomic mass is 19.3. The molecule has 178 valence electrons.